The summed E-state index contributed by atoms with van der Waals surface area (Å²) >= 11 is 0. The van der Waals surface area contributed by atoms with E-state index in [0.717, 1.165) is 4.31 Å². The van der Waals surface area contributed by atoms with Crippen LogP contribution in [-0.4, -0.2) is 66.4 Å². The molecular formula is C9H13F3N4O3S. The van der Waals surface area contributed by atoms with Crippen LogP contribution in [0.2, 0.25) is 0 Å². The number of nitrogens with zero attached hydrogens (tertiary/aromatic N) is 3. The molecule has 0 radical (unpaired) electrons. The standard InChI is InChI=1S/C9H13F3N4O3S/c1-19-8-4-16(20(17,18)5-9(10,11)12)3-6(8)7-2-13-15-14-7/h2,6,8H,3-5H2,1H3,(H,13,14,15)/t6-,8+/m0/s1. The molecule has 7 nitrogen and oxygen atoms in total. The van der Waals surface area contributed by atoms with Gasteiger partial charge >= 0.3 is 6.18 Å². The largest absolute Gasteiger partial charge is 0.404 e. The van der Waals surface area contributed by atoms with Crippen LogP contribution in [0.1, 0.15) is 11.6 Å². The van der Waals surface area contributed by atoms with Gasteiger partial charge in [-0.25, -0.2) is 8.42 Å². The van der Waals surface area contributed by atoms with E-state index in [1.165, 1.54) is 13.3 Å². The van der Waals surface area contributed by atoms with Crippen molar-refractivity contribution in [2.45, 2.75) is 18.2 Å². The Morgan fingerprint density at radius 3 is 2.70 bits per heavy atom. The predicted molar refractivity (Wildman–Crippen MR) is 61.3 cm³/mol. The van der Waals surface area contributed by atoms with Gasteiger partial charge in [0.1, 0.15) is 0 Å². The first-order valence-corrected chi connectivity index (χ1v) is 7.27. The summed E-state index contributed by atoms with van der Waals surface area (Å²) in [5.41, 5.74) is 0.460. The van der Waals surface area contributed by atoms with E-state index in [1.54, 1.807) is 0 Å². The summed E-state index contributed by atoms with van der Waals surface area (Å²) in [4.78, 5) is 0. The third-order valence-corrected chi connectivity index (χ3v) is 4.87. The Hall–Kier alpha value is -1.20. The molecule has 0 bridgehead atoms. The maximum atomic E-state index is 12.3. The van der Waals surface area contributed by atoms with Crippen LogP contribution < -0.4 is 0 Å². The number of halogens is 3. The van der Waals surface area contributed by atoms with E-state index >= 15 is 0 Å². The number of hydrogen-bond acceptors (Lipinski definition) is 5. The monoisotopic (exact) mass is 314 g/mol. The number of H-pyrrole nitrogens is 1. The summed E-state index contributed by atoms with van der Waals surface area (Å²) in [6, 6.07) is 0. The number of alkyl halides is 3. The van der Waals surface area contributed by atoms with Crippen molar-refractivity contribution < 1.29 is 26.3 Å². The molecule has 0 aromatic carbocycles. The quantitative estimate of drug-likeness (QED) is 0.852. The van der Waals surface area contributed by atoms with Crippen LogP contribution in [0.4, 0.5) is 13.2 Å². The molecule has 1 saturated heterocycles. The molecule has 20 heavy (non-hydrogen) atoms. The molecule has 0 saturated carbocycles. The normalized spacial score (nSPS) is 25.2. The third kappa shape index (κ3) is 3.27. The first-order valence-electron chi connectivity index (χ1n) is 5.66. The molecule has 1 N–H and O–H groups in total. The molecule has 2 heterocycles. The van der Waals surface area contributed by atoms with Crippen LogP contribution in [0.5, 0.6) is 0 Å². The highest BCUT2D eigenvalue weighted by atomic mass is 32.2. The van der Waals surface area contributed by atoms with E-state index in [2.05, 4.69) is 15.4 Å². The average Bonchev–Trinajstić information content (AvgIpc) is 2.94. The number of nitrogens with one attached hydrogen (secondary N) is 1. The molecule has 2 rings (SSSR count). The van der Waals surface area contributed by atoms with E-state index in [0.29, 0.717) is 5.69 Å². The maximum absolute atomic E-state index is 12.3. The molecule has 1 aromatic heterocycles. The zero-order valence-electron chi connectivity index (χ0n) is 10.5. The van der Waals surface area contributed by atoms with Gasteiger partial charge in [-0.05, 0) is 0 Å². The zero-order valence-corrected chi connectivity index (χ0v) is 11.3. The number of methoxy groups -OCH3 is 1. The summed E-state index contributed by atoms with van der Waals surface area (Å²) in [5.74, 6) is -2.32. The summed E-state index contributed by atoms with van der Waals surface area (Å²) in [6.45, 7) is -0.240. The zero-order chi connectivity index (χ0) is 15.0. The molecule has 1 aromatic rings. The number of sulfonamides is 1. The van der Waals surface area contributed by atoms with Gasteiger partial charge in [0.25, 0.3) is 0 Å². The smallest absolute Gasteiger partial charge is 0.379 e. The molecule has 2 atom stereocenters. The molecule has 114 valence electrons. The minimum atomic E-state index is -4.77. The third-order valence-electron chi connectivity index (χ3n) is 3.09. The minimum Gasteiger partial charge on any atom is -0.379 e. The second-order valence-electron chi connectivity index (χ2n) is 4.46. The Labute approximate surface area is 113 Å². The molecule has 1 aliphatic rings. The van der Waals surface area contributed by atoms with Crippen molar-refractivity contribution in [1.82, 2.24) is 19.7 Å². The Bertz CT molecular complexity index is 545. The van der Waals surface area contributed by atoms with Gasteiger partial charge in [0, 0.05) is 26.1 Å². The number of ether oxygens (including phenoxy) is 1. The number of aromatic amines is 1. The first-order chi connectivity index (χ1) is 9.23. The maximum Gasteiger partial charge on any atom is 0.404 e. The van der Waals surface area contributed by atoms with E-state index in [-0.39, 0.29) is 13.1 Å². The summed E-state index contributed by atoms with van der Waals surface area (Å²) < 4.78 is 66.3. The minimum absolute atomic E-state index is 0.108. The topological polar surface area (TPSA) is 88.2 Å². The Balaban J connectivity index is 2.17. The lowest BCUT2D eigenvalue weighted by Gasteiger charge is -2.17. The predicted octanol–water partition coefficient (Wildman–Crippen LogP) is 0.111. The SMILES string of the molecule is CO[C@@H]1CN(S(=O)(=O)CC(F)(F)F)C[C@H]1c1cn[nH]n1. The second kappa shape index (κ2) is 5.30. The lowest BCUT2D eigenvalue weighted by molar-refractivity contribution is -0.107. The van der Waals surface area contributed by atoms with Gasteiger partial charge in [-0.3, -0.25) is 0 Å². The van der Waals surface area contributed by atoms with Crippen molar-refractivity contribution in [3.63, 3.8) is 0 Å². The summed E-state index contributed by atoms with van der Waals surface area (Å²) in [6.07, 6.45) is -3.92. The van der Waals surface area contributed by atoms with Gasteiger partial charge < -0.3 is 4.74 Å². The van der Waals surface area contributed by atoms with Crippen LogP contribution in [0.3, 0.4) is 0 Å². The van der Waals surface area contributed by atoms with Crippen LogP contribution in [0.25, 0.3) is 0 Å². The Morgan fingerprint density at radius 2 is 2.20 bits per heavy atom. The van der Waals surface area contributed by atoms with E-state index in [1.807, 2.05) is 0 Å². The fourth-order valence-electron chi connectivity index (χ4n) is 2.18. The van der Waals surface area contributed by atoms with Gasteiger partial charge in [0.05, 0.1) is 18.0 Å². The van der Waals surface area contributed by atoms with Crippen LogP contribution >= 0.6 is 0 Å². The van der Waals surface area contributed by atoms with Gasteiger partial charge in [0.2, 0.25) is 10.0 Å². The first kappa shape index (κ1) is 15.2. The molecule has 11 heteroatoms. The van der Waals surface area contributed by atoms with Crippen molar-refractivity contribution in [1.29, 1.82) is 0 Å². The molecular weight excluding hydrogens is 301 g/mol. The van der Waals surface area contributed by atoms with Crippen molar-refractivity contribution in [3.8, 4) is 0 Å². The van der Waals surface area contributed by atoms with Crippen molar-refractivity contribution >= 4 is 10.0 Å². The van der Waals surface area contributed by atoms with E-state index < -0.39 is 34.0 Å². The molecule has 0 aliphatic carbocycles. The Kier molecular flexibility index (Phi) is 4.02. The fourth-order valence-corrected chi connectivity index (χ4v) is 3.53. The number of aromatic nitrogens is 3. The summed E-state index contributed by atoms with van der Waals surface area (Å²) in [5, 5.41) is 9.81. The van der Waals surface area contributed by atoms with Gasteiger partial charge in [0.15, 0.2) is 5.75 Å². The second-order valence-corrected chi connectivity index (χ2v) is 6.43. The van der Waals surface area contributed by atoms with Gasteiger partial charge in [-0.2, -0.15) is 32.9 Å². The lowest BCUT2D eigenvalue weighted by Crippen LogP contribution is -2.37. The fraction of sp³-hybridized carbons (Fsp3) is 0.778. The van der Waals surface area contributed by atoms with Crippen LogP contribution in [0, 0.1) is 0 Å². The van der Waals surface area contributed by atoms with Crippen LogP contribution in [0.15, 0.2) is 6.20 Å². The highest BCUT2D eigenvalue weighted by Gasteiger charge is 2.45. The molecule has 1 aliphatic heterocycles. The number of rotatable bonds is 4. The molecule has 0 spiro atoms. The van der Waals surface area contributed by atoms with E-state index in [9.17, 15) is 21.6 Å². The van der Waals surface area contributed by atoms with E-state index in [4.69, 9.17) is 4.74 Å². The average molecular weight is 314 g/mol. The Morgan fingerprint density at radius 1 is 1.50 bits per heavy atom. The van der Waals surface area contributed by atoms with Crippen LogP contribution in [-0.2, 0) is 14.8 Å². The van der Waals surface area contributed by atoms with Crippen molar-refractivity contribution in [3.05, 3.63) is 11.9 Å². The van der Waals surface area contributed by atoms with Crippen molar-refractivity contribution in [2.75, 3.05) is 26.0 Å². The van der Waals surface area contributed by atoms with Gasteiger partial charge in [-0.15, -0.1) is 0 Å². The molecule has 0 amide bonds. The number of hydrogen-bond donors (Lipinski definition) is 1. The summed E-state index contributed by atoms with van der Waals surface area (Å²) in [7, 11) is -3.04. The molecule has 0 unspecified atom stereocenters. The van der Waals surface area contributed by atoms with Gasteiger partial charge in [-0.1, -0.05) is 0 Å². The van der Waals surface area contributed by atoms with Crippen molar-refractivity contribution in [2.24, 2.45) is 0 Å². The molecule has 1 fully saturated rings. The lowest BCUT2D eigenvalue weighted by atomic mass is 10.0. The highest BCUT2D eigenvalue weighted by molar-refractivity contribution is 7.89. The highest BCUT2D eigenvalue weighted by Crippen LogP contribution is 2.31.